The maximum absolute atomic E-state index is 12.6. The van der Waals surface area contributed by atoms with Gasteiger partial charge in [-0.15, -0.1) is 0 Å². The molecule has 1 aliphatic carbocycles. The zero-order valence-corrected chi connectivity index (χ0v) is 12.9. The molecule has 0 heterocycles. The predicted molar refractivity (Wildman–Crippen MR) is 90.8 cm³/mol. The van der Waals surface area contributed by atoms with Crippen molar-refractivity contribution >= 4 is 11.9 Å². The highest BCUT2D eigenvalue weighted by Gasteiger charge is 2.34. The lowest BCUT2D eigenvalue weighted by Crippen LogP contribution is -2.19. The van der Waals surface area contributed by atoms with Gasteiger partial charge in [0, 0.05) is 11.1 Å². The second kappa shape index (κ2) is 6.12. The van der Waals surface area contributed by atoms with E-state index >= 15 is 0 Å². The molecule has 2 heteroatoms. The Morgan fingerprint density at radius 2 is 1.64 bits per heavy atom. The molecular formula is C20H19NO. The van der Waals surface area contributed by atoms with Crippen LogP contribution in [0.2, 0.25) is 0 Å². The molecule has 3 rings (SSSR count). The second-order valence-corrected chi connectivity index (χ2v) is 5.67. The van der Waals surface area contributed by atoms with Crippen LogP contribution in [0.5, 0.6) is 0 Å². The smallest absolute Gasteiger partial charge is 0.191 e. The number of likely N-dealkylation sites (N-methyl/N-ethyl adjacent to an activating group) is 1. The summed E-state index contributed by atoms with van der Waals surface area (Å²) in [6.07, 6.45) is 5.93. The van der Waals surface area contributed by atoms with E-state index in [0.29, 0.717) is 0 Å². The van der Waals surface area contributed by atoms with Crippen LogP contribution in [0, 0.1) is 0 Å². The highest BCUT2D eigenvalue weighted by atomic mass is 16.1. The summed E-state index contributed by atoms with van der Waals surface area (Å²) in [7, 11) is 4.02. The topological polar surface area (TPSA) is 20.3 Å². The van der Waals surface area contributed by atoms with E-state index in [9.17, 15) is 4.79 Å². The molecule has 0 radical (unpaired) electrons. The van der Waals surface area contributed by atoms with Crippen molar-refractivity contribution in [3.05, 3.63) is 89.0 Å². The van der Waals surface area contributed by atoms with Gasteiger partial charge in [-0.05, 0) is 25.2 Å². The number of hydrogen-bond donors (Lipinski definition) is 0. The third-order valence-electron chi connectivity index (χ3n) is 3.94. The number of Topliss-reactive ketones (excluding diaryl/α,β-unsaturated/α-hetero) is 1. The van der Waals surface area contributed by atoms with Crippen molar-refractivity contribution in [3.63, 3.8) is 0 Å². The van der Waals surface area contributed by atoms with Gasteiger partial charge in [0.25, 0.3) is 0 Å². The summed E-state index contributed by atoms with van der Waals surface area (Å²) in [6, 6.07) is 18.0. The Balaban J connectivity index is 1.95. The molecule has 2 aromatic rings. The van der Waals surface area contributed by atoms with E-state index in [4.69, 9.17) is 0 Å². The van der Waals surface area contributed by atoms with Gasteiger partial charge >= 0.3 is 0 Å². The number of carbonyl (C=O) groups excluding carboxylic acids is 1. The highest BCUT2D eigenvalue weighted by Crippen LogP contribution is 2.38. The first-order valence-corrected chi connectivity index (χ1v) is 7.42. The number of hydrogen-bond acceptors (Lipinski definition) is 2. The molecule has 2 nitrogen and oxygen atoms in total. The molecule has 1 unspecified atom stereocenters. The summed E-state index contributed by atoms with van der Waals surface area (Å²) in [5.74, 6) is 0.131. The molecule has 0 N–H and O–H groups in total. The standard InChI is InChI=1S/C20H19NO/c1-21(2)19-16-12-6-7-13-17(16)20(22)18(19)14-8-11-15-9-4-3-5-10-15/h3-14,19H,1-2H3. The Hall–Kier alpha value is -2.45. The van der Waals surface area contributed by atoms with E-state index in [0.717, 1.165) is 22.3 Å². The molecule has 0 aliphatic heterocycles. The summed E-state index contributed by atoms with van der Waals surface area (Å²) in [6.45, 7) is 0. The minimum Gasteiger partial charge on any atom is -0.298 e. The molecule has 22 heavy (non-hydrogen) atoms. The van der Waals surface area contributed by atoms with Crippen molar-refractivity contribution in [1.82, 2.24) is 4.90 Å². The fourth-order valence-electron chi connectivity index (χ4n) is 2.94. The highest BCUT2D eigenvalue weighted by molar-refractivity contribution is 6.14. The molecule has 0 saturated heterocycles. The Morgan fingerprint density at radius 1 is 0.955 bits per heavy atom. The molecule has 0 bridgehead atoms. The van der Waals surface area contributed by atoms with Gasteiger partial charge in [0.05, 0.1) is 6.04 Å². The summed E-state index contributed by atoms with van der Waals surface area (Å²) in [4.78, 5) is 14.7. The normalized spacial score (nSPS) is 19.3. The summed E-state index contributed by atoms with van der Waals surface area (Å²) in [5.41, 5.74) is 3.87. The number of carbonyl (C=O) groups is 1. The molecule has 2 aromatic carbocycles. The first-order valence-electron chi connectivity index (χ1n) is 7.42. The zero-order chi connectivity index (χ0) is 15.5. The zero-order valence-electron chi connectivity index (χ0n) is 12.9. The van der Waals surface area contributed by atoms with Crippen LogP contribution in [0.1, 0.15) is 27.5 Å². The van der Waals surface area contributed by atoms with Gasteiger partial charge in [-0.25, -0.2) is 0 Å². The summed E-state index contributed by atoms with van der Waals surface area (Å²) in [5, 5.41) is 0. The van der Waals surface area contributed by atoms with E-state index in [1.165, 1.54) is 0 Å². The second-order valence-electron chi connectivity index (χ2n) is 5.67. The van der Waals surface area contributed by atoms with Crippen molar-refractivity contribution in [3.8, 4) is 0 Å². The fraction of sp³-hybridized carbons (Fsp3) is 0.150. The van der Waals surface area contributed by atoms with E-state index in [2.05, 4.69) is 4.90 Å². The molecule has 1 aliphatic rings. The Morgan fingerprint density at radius 3 is 2.36 bits per heavy atom. The number of rotatable bonds is 3. The number of ketones is 1. The van der Waals surface area contributed by atoms with Gasteiger partial charge in [0.15, 0.2) is 5.78 Å². The summed E-state index contributed by atoms with van der Waals surface area (Å²) >= 11 is 0. The minimum absolute atomic E-state index is 0.0316. The molecule has 0 saturated carbocycles. The van der Waals surface area contributed by atoms with Crippen molar-refractivity contribution < 1.29 is 4.79 Å². The maximum Gasteiger partial charge on any atom is 0.191 e. The number of allylic oxidation sites excluding steroid dienone is 2. The lowest BCUT2D eigenvalue weighted by atomic mass is 10.0. The van der Waals surface area contributed by atoms with Crippen LogP contribution in [-0.4, -0.2) is 24.8 Å². The maximum atomic E-state index is 12.6. The lowest BCUT2D eigenvalue weighted by Gasteiger charge is -2.20. The monoisotopic (exact) mass is 289 g/mol. The average Bonchev–Trinajstić information content (AvgIpc) is 2.82. The van der Waals surface area contributed by atoms with Crippen LogP contribution in [-0.2, 0) is 0 Å². The molecule has 0 amide bonds. The molecule has 1 atom stereocenters. The third kappa shape index (κ3) is 2.66. The molecule has 0 aromatic heterocycles. The first kappa shape index (κ1) is 14.5. The molecular weight excluding hydrogens is 270 g/mol. The largest absolute Gasteiger partial charge is 0.298 e. The van der Waals surface area contributed by atoms with Crippen LogP contribution >= 0.6 is 0 Å². The fourth-order valence-corrected chi connectivity index (χ4v) is 2.94. The Kier molecular flexibility index (Phi) is 4.03. The SMILES string of the molecule is CN(C)C1C(=CC=Cc2ccccc2)C(=O)c2ccccc21. The summed E-state index contributed by atoms with van der Waals surface area (Å²) < 4.78 is 0. The van der Waals surface area contributed by atoms with E-state index in [-0.39, 0.29) is 11.8 Å². The minimum atomic E-state index is 0.0316. The van der Waals surface area contributed by atoms with Crippen LogP contribution in [0.25, 0.3) is 6.08 Å². The molecule has 0 fully saturated rings. The molecule has 0 spiro atoms. The van der Waals surface area contributed by atoms with Gasteiger partial charge in [-0.3, -0.25) is 9.69 Å². The quantitative estimate of drug-likeness (QED) is 0.792. The lowest BCUT2D eigenvalue weighted by molar-refractivity contribution is 0.103. The molecule has 110 valence electrons. The third-order valence-corrected chi connectivity index (χ3v) is 3.94. The van der Waals surface area contributed by atoms with Gasteiger partial charge in [0.2, 0.25) is 0 Å². The van der Waals surface area contributed by atoms with Gasteiger partial charge in [0.1, 0.15) is 0 Å². The van der Waals surface area contributed by atoms with Gasteiger partial charge < -0.3 is 0 Å². The van der Waals surface area contributed by atoms with Crippen LogP contribution < -0.4 is 0 Å². The number of fused-ring (bicyclic) bond motifs is 1. The Labute approximate surface area is 131 Å². The predicted octanol–water partition coefficient (Wildman–Crippen LogP) is 4.13. The van der Waals surface area contributed by atoms with Crippen LogP contribution in [0.4, 0.5) is 0 Å². The van der Waals surface area contributed by atoms with E-state index < -0.39 is 0 Å². The number of nitrogens with zero attached hydrogens (tertiary/aromatic N) is 1. The van der Waals surface area contributed by atoms with Gasteiger partial charge in [-0.2, -0.15) is 0 Å². The van der Waals surface area contributed by atoms with Crippen LogP contribution in [0.15, 0.2) is 72.3 Å². The Bertz CT molecular complexity index is 741. The van der Waals surface area contributed by atoms with E-state index in [1.807, 2.05) is 86.9 Å². The first-order chi connectivity index (χ1) is 10.7. The van der Waals surface area contributed by atoms with Gasteiger partial charge in [-0.1, -0.05) is 72.8 Å². The van der Waals surface area contributed by atoms with E-state index in [1.54, 1.807) is 0 Å². The van der Waals surface area contributed by atoms with Crippen molar-refractivity contribution in [2.24, 2.45) is 0 Å². The number of benzene rings is 2. The van der Waals surface area contributed by atoms with Crippen molar-refractivity contribution in [2.45, 2.75) is 6.04 Å². The van der Waals surface area contributed by atoms with Crippen LogP contribution in [0.3, 0.4) is 0 Å². The van der Waals surface area contributed by atoms with Crippen molar-refractivity contribution in [2.75, 3.05) is 14.1 Å². The van der Waals surface area contributed by atoms with Crippen molar-refractivity contribution in [1.29, 1.82) is 0 Å². The average molecular weight is 289 g/mol.